The summed E-state index contributed by atoms with van der Waals surface area (Å²) in [5.74, 6) is 0.574. The average molecular weight is 584 g/mol. The van der Waals surface area contributed by atoms with Gasteiger partial charge in [-0.1, -0.05) is 74.5 Å². The molecule has 3 aromatic carbocycles. The van der Waals surface area contributed by atoms with Gasteiger partial charge in [-0.2, -0.15) is 0 Å². The number of fused-ring (bicyclic) bond motifs is 2. The van der Waals surface area contributed by atoms with E-state index < -0.39 is 0 Å². The molecular weight excluding hydrogens is 546 g/mol. The summed E-state index contributed by atoms with van der Waals surface area (Å²) in [6.07, 6.45) is 4.55. The normalized spacial score (nSPS) is 14.6. The van der Waals surface area contributed by atoms with E-state index in [0.717, 1.165) is 72.3 Å². The molecule has 7 rings (SSSR count). The Morgan fingerprint density at radius 2 is 1.61 bits per heavy atom. The predicted molar refractivity (Wildman–Crippen MR) is 178 cm³/mol. The molecule has 2 N–H and O–H groups in total. The minimum Gasteiger partial charge on any atom is -0.328 e. The van der Waals surface area contributed by atoms with Crippen molar-refractivity contribution in [1.29, 1.82) is 0 Å². The van der Waals surface area contributed by atoms with Gasteiger partial charge in [-0.05, 0) is 66.1 Å². The molecule has 0 amide bonds. The van der Waals surface area contributed by atoms with Crippen LogP contribution in [0.3, 0.4) is 0 Å². The number of likely N-dealkylation sites (tertiary alicyclic amines) is 1. The molecule has 1 fully saturated rings. The Morgan fingerprint density at radius 1 is 0.864 bits per heavy atom. The first-order chi connectivity index (χ1) is 21.4. The Kier molecular flexibility index (Phi) is 7.48. The van der Waals surface area contributed by atoms with Gasteiger partial charge in [0.05, 0.1) is 27.6 Å². The largest absolute Gasteiger partial charge is 0.328 e. The molecule has 0 atom stereocenters. The maximum Gasteiger partial charge on any atom is 0.326 e. The molecule has 7 heteroatoms. The number of aromatic amines is 2. The van der Waals surface area contributed by atoms with E-state index in [9.17, 15) is 9.59 Å². The van der Waals surface area contributed by atoms with Crippen LogP contribution >= 0.6 is 0 Å². The number of rotatable bonds is 7. The Balaban J connectivity index is 1.09. The molecule has 0 aliphatic carbocycles. The van der Waals surface area contributed by atoms with Gasteiger partial charge in [0.15, 0.2) is 0 Å². The second kappa shape index (κ2) is 11.7. The molecule has 1 aliphatic rings. The van der Waals surface area contributed by atoms with Crippen LogP contribution in [0.5, 0.6) is 0 Å². The highest BCUT2D eigenvalue weighted by molar-refractivity contribution is 5.91. The van der Waals surface area contributed by atoms with Gasteiger partial charge in [-0.15, -0.1) is 0 Å². The molecule has 0 radical (unpaired) electrons. The lowest BCUT2D eigenvalue weighted by molar-refractivity contribution is 0.180. The molecule has 0 spiro atoms. The van der Waals surface area contributed by atoms with Crippen molar-refractivity contribution in [3.8, 4) is 22.4 Å². The topological polar surface area (TPSA) is 86.8 Å². The summed E-state index contributed by atoms with van der Waals surface area (Å²) in [7, 11) is 0. The number of hydrogen-bond acceptors (Lipinski definition) is 4. The van der Waals surface area contributed by atoms with Gasteiger partial charge >= 0.3 is 5.69 Å². The highest BCUT2D eigenvalue weighted by atomic mass is 16.1. The molecule has 6 aromatic rings. The zero-order valence-electron chi connectivity index (χ0n) is 25.2. The third-order valence-corrected chi connectivity index (χ3v) is 8.82. The van der Waals surface area contributed by atoms with E-state index in [1.165, 1.54) is 11.1 Å². The van der Waals surface area contributed by atoms with Gasteiger partial charge in [-0.25, -0.2) is 9.78 Å². The summed E-state index contributed by atoms with van der Waals surface area (Å²) in [5, 5.41) is 0.584. The third kappa shape index (κ3) is 5.51. The quantitative estimate of drug-likeness (QED) is 0.213. The monoisotopic (exact) mass is 583 g/mol. The number of hydrogen-bond donors (Lipinski definition) is 2. The van der Waals surface area contributed by atoms with Crippen LogP contribution in [-0.4, -0.2) is 37.5 Å². The average Bonchev–Trinajstić information content (AvgIpc) is 3.36. The minimum absolute atomic E-state index is 0.00230. The standard InChI is InChI=1S/C37H37N5O2/c1-24(2)20-26-10-13-33-34(21-26)42(37(44)40-33)29-15-18-41(19-16-29)23-25-8-11-28(12-9-25)35-30(27-6-4-3-5-7-27)22-31-32(39-35)14-17-38-36(31)43/h3-14,17,21-22,24,29H,15-16,18-20,23H2,1-2H3,(H,38,43)(H,40,44). The molecule has 1 aliphatic heterocycles. The van der Waals surface area contributed by atoms with Crippen molar-refractivity contribution in [1.82, 2.24) is 24.4 Å². The Labute approximate surface area is 256 Å². The molecule has 0 saturated carbocycles. The van der Waals surface area contributed by atoms with Crippen LogP contribution in [0, 0.1) is 5.92 Å². The van der Waals surface area contributed by atoms with Crippen LogP contribution in [0.4, 0.5) is 0 Å². The second-order valence-electron chi connectivity index (χ2n) is 12.4. The van der Waals surface area contributed by atoms with Crippen molar-refractivity contribution < 1.29 is 0 Å². The van der Waals surface area contributed by atoms with Gasteiger partial charge in [0.1, 0.15) is 0 Å². The molecule has 0 bridgehead atoms. The maximum atomic E-state index is 13.0. The first-order valence-corrected chi connectivity index (χ1v) is 15.6. The van der Waals surface area contributed by atoms with E-state index in [-0.39, 0.29) is 17.3 Å². The first-order valence-electron chi connectivity index (χ1n) is 15.6. The van der Waals surface area contributed by atoms with Gasteiger partial charge in [0.25, 0.3) is 5.56 Å². The summed E-state index contributed by atoms with van der Waals surface area (Å²) in [6, 6.07) is 29.1. The Hall–Kier alpha value is -4.75. The minimum atomic E-state index is -0.136. The lowest BCUT2D eigenvalue weighted by Gasteiger charge is -2.32. The van der Waals surface area contributed by atoms with Gasteiger partial charge in [0, 0.05) is 43.0 Å². The number of imidazole rings is 1. The van der Waals surface area contributed by atoms with E-state index in [1.54, 1.807) is 6.20 Å². The Morgan fingerprint density at radius 3 is 2.36 bits per heavy atom. The summed E-state index contributed by atoms with van der Waals surface area (Å²) in [4.78, 5) is 38.8. The SMILES string of the molecule is CC(C)Cc1ccc2[nH]c(=O)n(C3CCN(Cc4ccc(-c5nc6cc[nH]c(=O)c6cc5-c5ccccc5)cc4)CC3)c2c1. The Bertz CT molecular complexity index is 2050. The lowest BCUT2D eigenvalue weighted by Crippen LogP contribution is -2.36. The molecule has 44 heavy (non-hydrogen) atoms. The van der Waals surface area contributed by atoms with E-state index in [2.05, 4.69) is 83.3 Å². The predicted octanol–water partition coefficient (Wildman–Crippen LogP) is 6.94. The van der Waals surface area contributed by atoms with E-state index in [4.69, 9.17) is 4.98 Å². The van der Waals surface area contributed by atoms with Crippen molar-refractivity contribution >= 4 is 21.9 Å². The van der Waals surface area contributed by atoms with Crippen LogP contribution < -0.4 is 11.2 Å². The van der Waals surface area contributed by atoms with Gasteiger partial charge in [-0.3, -0.25) is 14.3 Å². The molecule has 222 valence electrons. The summed E-state index contributed by atoms with van der Waals surface area (Å²) in [5.41, 5.74) is 8.87. The highest BCUT2D eigenvalue weighted by Gasteiger charge is 2.24. The number of piperidine rings is 1. The fourth-order valence-corrected chi connectivity index (χ4v) is 6.66. The van der Waals surface area contributed by atoms with Crippen molar-refractivity contribution in [3.63, 3.8) is 0 Å². The van der Waals surface area contributed by atoms with Crippen LogP contribution in [-0.2, 0) is 13.0 Å². The van der Waals surface area contributed by atoms with Crippen LogP contribution in [0.1, 0.15) is 43.9 Å². The van der Waals surface area contributed by atoms with Crippen molar-refractivity contribution in [3.05, 3.63) is 123 Å². The van der Waals surface area contributed by atoms with Crippen molar-refractivity contribution in [2.75, 3.05) is 13.1 Å². The molecule has 4 heterocycles. The fraction of sp³-hybridized carbons (Fsp3) is 0.270. The summed E-state index contributed by atoms with van der Waals surface area (Å²) >= 11 is 0. The van der Waals surface area contributed by atoms with Crippen LogP contribution in [0.15, 0.2) is 101 Å². The van der Waals surface area contributed by atoms with Crippen molar-refractivity contribution in [2.24, 2.45) is 5.92 Å². The summed E-state index contributed by atoms with van der Waals surface area (Å²) in [6.45, 7) is 7.19. The number of H-pyrrole nitrogens is 2. The number of nitrogens with one attached hydrogen (secondary N) is 2. The molecular formula is C37H37N5O2. The van der Waals surface area contributed by atoms with Crippen molar-refractivity contribution in [2.45, 2.75) is 45.7 Å². The van der Waals surface area contributed by atoms with E-state index in [0.29, 0.717) is 16.8 Å². The smallest absolute Gasteiger partial charge is 0.326 e. The molecule has 7 nitrogen and oxygen atoms in total. The number of aromatic nitrogens is 4. The van der Waals surface area contributed by atoms with E-state index in [1.807, 2.05) is 34.9 Å². The fourth-order valence-electron chi connectivity index (χ4n) is 6.66. The van der Waals surface area contributed by atoms with Gasteiger partial charge < -0.3 is 9.97 Å². The van der Waals surface area contributed by atoms with Gasteiger partial charge in [0.2, 0.25) is 0 Å². The molecule has 3 aromatic heterocycles. The first kappa shape index (κ1) is 28.0. The lowest BCUT2D eigenvalue weighted by atomic mass is 9.97. The third-order valence-electron chi connectivity index (χ3n) is 8.82. The number of nitrogens with zero attached hydrogens (tertiary/aromatic N) is 3. The number of benzene rings is 3. The summed E-state index contributed by atoms with van der Waals surface area (Å²) < 4.78 is 2.00. The second-order valence-corrected chi connectivity index (χ2v) is 12.4. The zero-order chi connectivity index (χ0) is 30.2. The molecule has 1 saturated heterocycles. The maximum absolute atomic E-state index is 13.0. The van der Waals surface area contributed by atoms with Crippen LogP contribution in [0.2, 0.25) is 0 Å². The number of pyridine rings is 2. The highest BCUT2D eigenvalue weighted by Crippen LogP contribution is 2.33. The zero-order valence-corrected chi connectivity index (χ0v) is 25.2. The van der Waals surface area contributed by atoms with Crippen LogP contribution in [0.25, 0.3) is 44.3 Å². The van der Waals surface area contributed by atoms with E-state index >= 15 is 0 Å². The molecule has 0 unspecified atom stereocenters.